The van der Waals surface area contributed by atoms with Gasteiger partial charge in [-0.2, -0.15) is 0 Å². The number of rotatable bonds is 6. The van der Waals surface area contributed by atoms with Crippen LogP contribution in [0.2, 0.25) is 0 Å². The van der Waals surface area contributed by atoms with Crippen molar-refractivity contribution < 1.29 is 19.1 Å². The van der Waals surface area contributed by atoms with Crippen molar-refractivity contribution in [3.8, 4) is 0 Å². The number of carbonyl (C=O) groups is 3. The first-order chi connectivity index (χ1) is 12.5. The summed E-state index contributed by atoms with van der Waals surface area (Å²) in [6, 6.07) is 8.78. The fourth-order valence-electron chi connectivity index (χ4n) is 2.59. The van der Waals surface area contributed by atoms with Gasteiger partial charge in [0, 0.05) is 18.7 Å². The molecule has 1 aliphatic heterocycles. The van der Waals surface area contributed by atoms with Crippen molar-refractivity contribution in [3.63, 3.8) is 0 Å². The predicted octanol–water partition coefficient (Wildman–Crippen LogP) is 1.00. The molecule has 0 radical (unpaired) electrons. The first kappa shape index (κ1) is 17.7. The number of β-lactam (4-membered cyclic amide) rings is 1. The van der Waals surface area contributed by atoms with E-state index in [2.05, 4.69) is 15.6 Å². The lowest BCUT2D eigenvalue weighted by molar-refractivity contribution is -0.137. The molecule has 26 heavy (non-hydrogen) atoms. The number of ether oxygens (including phenoxy) is 1. The van der Waals surface area contributed by atoms with Gasteiger partial charge in [0.2, 0.25) is 11.8 Å². The van der Waals surface area contributed by atoms with Crippen LogP contribution in [0.25, 0.3) is 0 Å². The minimum Gasteiger partial charge on any atom is -0.444 e. The Kier molecular flexibility index (Phi) is 5.31. The highest BCUT2D eigenvalue weighted by molar-refractivity contribution is 5.97. The molecule has 0 saturated carbocycles. The second kappa shape index (κ2) is 7.81. The van der Waals surface area contributed by atoms with E-state index in [-0.39, 0.29) is 30.9 Å². The maximum absolute atomic E-state index is 12.1. The zero-order valence-corrected chi connectivity index (χ0v) is 14.3. The molecule has 8 nitrogen and oxygen atoms in total. The SMILES string of the molecule is C[C@H](Cc1cn(C(=O)OCc2ccccc2)cn1)NC(=O)[C@@H]1CC(=O)N1. The van der Waals surface area contributed by atoms with Crippen LogP contribution in [0.1, 0.15) is 24.6 Å². The van der Waals surface area contributed by atoms with Gasteiger partial charge in [0.05, 0.1) is 12.1 Å². The van der Waals surface area contributed by atoms with E-state index in [0.29, 0.717) is 12.1 Å². The Morgan fingerprint density at radius 2 is 2.12 bits per heavy atom. The van der Waals surface area contributed by atoms with E-state index < -0.39 is 12.1 Å². The zero-order valence-electron chi connectivity index (χ0n) is 14.3. The van der Waals surface area contributed by atoms with Crippen molar-refractivity contribution in [1.29, 1.82) is 0 Å². The Hall–Kier alpha value is -3.16. The van der Waals surface area contributed by atoms with Gasteiger partial charge in [-0.25, -0.2) is 14.3 Å². The van der Waals surface area contributed by atoms with Crippen LogP contribution in [0.3, 0.4) is 0 Å². The van der Waals surface area contributed by atoms with E-state index in [1.165, 1.54) is 10.9 Å². The molecule has 1 aliphatic rings. The van der Waals surface area contributed by atoms with Crippen LogP contribution in [-0.4, -0.2) is 39.5 Å². The lowest BCUT2D eigenvalue weighted by Crippen LogP contribution is -2.58. The number of amides is 2. The summed E-state index contributed by atoms with van der Waals surface area (Å²) in [5, 5.41) is 5.34. The van der Waals surface area contributed by atoms with Gasteiger partial charge in [0.25, 0.3) is 0 Å². The first-order valence-corrected chi connectivity index (χ1v) is 8.35. The molecule has 1 aromatic heterocycles. The Labute approximate surface area is 150 Å². The smallest absolute Gasteiger partial charge is 0.419 e. The van der Waals surface area contributed by atoms with Crippen molar-refractivity contribution in [2.45, 2.75) is 38.5 Å². The number of aromatic nitrogens is 2. The van der Waals surface area contributed by atoms with Crippen molar-refractivity contribution in [2.75, 3.05) is 0 Å². The summed E-state index contributed by atoms with van der Waals surface area (Å²) in [6.45, 7) is 2.03. The highest BCUT2D eigenvalue weighted by Crippen LogP contribution is 2.07. The molecule has 2 amide bonds. The van der Waals surface area contributed by atoms with Crippen LogP contribution in [-0.2, 0) is 27.4 Å². The van der Waals surface area contributed by atoms with Crippen LogP contribution in [0.5, 0.6) is 0 Å². The van der Waals surface area contributed by atoms with Crippen molar-refractivity contribution in [3.05, 3.63) is 54.1 Å². The fourth-order valence-corrected chi connectivity index (χ4v) is 2.59. The first-order valence-electron chi connectivity index (χ1n) is 8.35. The maximum Gasteiger partial charge on any atom is 0.419 e. The van der Waals surface area contributed by atoms with Crippen LogP contribution < -0.4 is 10.6 Å². The molecular formula is C18H20N4O4. The molecule has 0 aliphatic carbocycles. The molecule has 8 heteroatoms. The van der Waals surface area contributed by atoms with Crippen LogP contribution in [0.4, 0.5) is 4.79 Å². The molecule has 1 aromatic carbocycles. The summed E-state index contributed by atoms with van der Waals surface area (Å²) in [5.41, 5.74) is 1.56. The lowest BCUT2D eigenvalue weighted by atomic mass is 10.0. The van der Waals surface area contributed by atoms with Crippen molar-refractivity contribution in [1.82, 2.24) is 20.2 Å². The van der Waals surface area contributed by atoms with Gasteiger partial charge in [-0.3, -0.25) is 9.59 Å². The van der Waals surface area contributed by atoms with E-state index >= 15 is 0 Å². The summed E-state index contributed by atoms with van der Waals surface area (Å²) in [4.78, 5) is 39.0. The van der Waals surface area contributed by atoms with Crippen LogP contribution >= 0.6 is 0 Å². The van der Waals surface area contributed by atoms with E-state index in [1.807, 2.05) is 37.3 Å². The standard InChI is InChI=1S/C18H20N4O4/c1-12(20-17(24)15-8-16(23)21-15)7-14-9-22(11-19-14)18(25)26-10-13-5-3-2-4-6-13/h2-6,9,11-12,15H,7-8,10H2,1H3,(H,20,24)(H,21,23)/t12-,15+/m1/s1. The molecule has 0 spiro atoms. The minimum absolute atomic E-state index is 0.120. The van der Waals surface area contributed by atoms with Crippen LogP contribution in [0.15, 0.2) is 42.9 Å². The zero-order chi connectivity index (χ0) is 18.5. The maximum atomic E-state index is 12.1. The molecule has 1 saturated heterocycles. The Morgan fingerprint density at radius 1 is 1.38 bits per heavy atom. The van der Waals surface area contributed by atoms with Gasteiger partial charge in [0.15, 0.2) is 0 Å². The number of carbonyl (C=O) groups excluding carboxylic acids is 3. The van der Waals surface area contributed by atoms with Gasteiger partial charge in [-0.1, -0.05) is 30.3 Å². The summed E-state index contributed by atoms with van der Waals surface area (Å²) >= 11 is 0. The van der Waals surface area contributed by atoms with Gasteiger partial charge >= 0.3 is 6.09 Å². The second-order valence-corrected chi connectivity index (χ2v) is 6.25. The predicted molar refractivity (Wildman–Crippen MR) is 92.1 cm³/mol. The van der Waals surface area contributed by atoms with E-state index in [4.69, 9.17) is 4.74 Å². The molecule has 1 fully saturated rings. The molecule has 136 valence electrons. The molecule has 2 heterocycles. The fraction of sp³-hybridized carbons (Fsp3) is 0.333. The summed E-state index contributed by atoms with van der Waals surface area (Å²) in [6.07, 6.45) is 3.15. The summed E-state index contributed by atoms with van der Waals surface area (Å²) in [5.74, 6) is -0.329. The second-order valence-electron chi connectivity index (χ2n) is 6.25. The number of imidazole rings is 1. The Bertz CT molecular complexity index is 795. The Morgan fingerprint density at radius 3 is 2.81 bits per heavy atom. The van der Waals surface area contributed by atoms with Crippen LogP contribution in [0, 0.1) is 0 Å². The number of nitrogens with one attached hydrogen (secondary N) is 2. The van der Waals surface area contributed by atoms with Gasteiger partial charge in [-0.05, 0) is 12.5 Å². The number of benzene rings is 1. The highest BCUT2D eigenvalue weighted by atomic mass is 16.5. The molecule has 0 unspecified atom stereocenters. The number of hydrogen-bond acceptors (Lipinski definition) is 5. The quantitative estimate of drug-likeness (QED) is 0.752. The third-order valence-corrected chi connectivity index (χ3v) is 4.00. The van der Waals surface area contributed by atoms with Gasteiger partial charge < -0.3 is 15.4 Å². The van der Waals surface area contributed by atoms with E-state index in [0.717, 1.165) is 5.56 Å². The van der Waals surface area contributed by atoms with Crippen molar-refractivity contribution in [2.24, 2.45) is 0 Å². The molecule has 2 N–H and O–H groups in total. The number of hydrogen-bond donors (Lipinski definition) is 2. The monoisotopic (exact) mass is 356 g/mol. The summed E-state index contributed by atoms with van der Waals surface area (Å²) in [7, 11) is 0. The molecule has 2 aromatic rings. The normalized spacial score (nSPS) is 17.0. The van der Waals surface area contributed by atoms with Gasteiger partial charge in [-0.15, -0.1) is 0 Å². The molecule has 2 atom stereocenters. The average Bonchev–Trinajstić information content (AvgIpc) is 3.06. The van der Waals surface area contributed by atoms with Gasteiger partial charge in [0.1, 0.15) is 19.0 Å². The topological polar surface area (TPSA) is 102 Å². The lowest BCUT2D eigenvalue weighted by Gasteiger charge is -2.27. The van der Waals surface area contributed by atoms with Crippen molar-refractivity contribution >= 4 is 17.9 Å². The highest BCUT2D eigenvalue weighted by Gasteiger charge is 2.32. The third kappa shape index (κ3) is 4.47. The largest absolute Gasteiger partial charge is 0.444 e. The number of nitrogens with zero attached hydrogens (tertiary/aromatic N) is 2. The average molecular weight is 356 g/mol. The summed E-state index contributed by atoms with van der Waals surface area (Å²) < 4.78 is 6.51. The minimum atomic E-state index is -0.513. The molecular weight excluding hydrogens is 336 g/mol. The molecule has 0 bridgehead atoms. The van der Waals surface area contributed by atoms with E-state index in [1.54, 1.807) is 6.20 Å². The molecule has 3 rings (SSSR count). The Balaban J connectivity index is 1.46. The third-order valence-electron chi connectivity index (χ3n) is 4.00. The van der Waals surface area contributed by atoms with E-state index in [9.17, 15) is 14.4 Å².